The van der Waals surface area contributed by atoms with Gasteiger partial charge in [-0.25, -0.2) is 4.79 Å². The summed E-state index contributed by atoms with van der Waals surface area (Å²) < 4.78 is 0. The lowest BCUT2D eigenvalue weighted by Gasteiger charge is -2.21. The van der Waals surface area contributed by atoms with Gasteiger partial charge in [0.2, 0.25) is 11.8 Å². The molecule has 0 aromatic heterocycles. The minimum Gasteiger partial charge on any atom is -0.342 e. The van der Waals surface area contributed by atoms with Crippen molar-refractivity contribution in [2.45, 2.75) is 13.8 Å². The van der Waals surface area contributed by atoms with E-state index in [4.69, 9.17) is 0 Å². The highest BCUT2D eigenvalue weighted by atomic mass is 16.2. The Kier molecular flexibility index (Phi) is 3.65. The molecule has 1 rings (SSSR count). The van der Waals surface area contributed by atoms with Gasteiger partial charge in [-0.2, -0.15) is 0 Å². The van der Waals surface area contributed by atoms with Crippen LogP contribution in [-0.2, 0) is 9.59 Å². The van der Waals surface area contributed by atoms with Gasteiger partial charge < -0.3 is 9.80 Å². The van der Waals surface area contributed by atoms with Crippen molar-refractivity contribution >= 4 is 17.8 Å². The molecule has 1 N–H and O–H groups in total. The third-order valence-electron chi connectivity index (χ3n) is 2.31. The number of nitrogens with one attached hydrogen (secondary N) is 1. The van der Waals surface area contributed by atoms with Crippen LogP contribution < -0.4 is 5.32 Å². The van der Waals surface area contributed by atoms with Gasteiger partial charge in [0.15, 0.2) is 0 Å². The summed E-state index contributed by atoms with van der Waals surface area (Å²) in [4.78, 5) is 36.4. The van der Waals surface area contributed by atoms with Crippen LogP contribution in [0, 0.1) is 0 Å². The fourth-order valence-electron chi connectivity index (χ4n) is 1.45. The third-order valence-corrected chi connectivity index (χ3v) is 2.31. The number of imide groups is 1. The molecule has 0 bridgehead atoms. The van der Waals surface area contributed by atoms with Crippen molar-refractivity contribution < 1.29 is 14.4 Å². The number of rotatable bonds is 4. The second kappa shape index (κ2) is 4.77. The van der Waals surface area contributed by atoms with Crippen LogP contribution in [0.3, 0.4) is 0 Å². The predicted molar refractivity (Wildman–Crippen MR) is 53.0 cm³/mol. The fourth-order valence-corrected chi connectivity index (χ4v) is 1.45. The molecule has 4 amide bonds. The van der Waals surface area contributed by atoms with E-state index in [2.05, 4.69) is 5.32 Å². The molecule has 1 aliphatic heterocycles. The Labute approximate surface area is 88.2 Å². The van der Waals surface area contributed by atoms with Gasteiger partial charge >= 0.3 is 6.03 Å². The van der Waals surface area contributed by atoms with Crippen molar-refractivity contribution in [2.75, 3.05) is 26.2 Å². The maximum atomic E-state index is 11.6. The van der Waals surface area contributed by atoms with E-state index in [-0.39, 0.29) is 24.9 Å². The SMILES string of the molecule is CCN(CC)C(=O)CN1CC(=O)NC1=O. The monoisotopic (exact) mass is 213 g/mol. The molecule has 0 atom stereocenters. The van der Waals surface area contributed by atoms with Gasteiger partial charge in [0, 0.05) is 13.1 Å². The minimum atomic E-state index is -0.486. The van der Waals surface area contributed by atoms with Crippen molar-refractivity contribution in [1.29, 1.82) is 0 Å². The highest BCUT2D eigenvalue weighted by Crippen LogP contribution is 1.99. The molecule has 1 aliphatic rings. The normalized spacial score (nSPS) is 15.5. The third kappa shape index (κ3) is 2.68. The largest absolute Gasteiger partial charge is 0.342 e. The Morgan fingerprint density at radius 1 is 1.40 bits per heavy atom. The smallest absolute Gasteiger partial charge is 0.325 e. The highest BCUT2D eigenvalue weighted by molar-refractivity contribution is 6.03. The molecule has 1 fully saturated rings. The molecule has 1 saturated heterocycles. The number of carbonyl (C=O) groups excluding carboxylic acids is 3. The standard InChI is InChI=1S/C9H15N3O3/c1-3-11(4-2)8(14)6-12-5-7(13)10-9(12)15/h3-6H2,1-2H3,(H,10,13,15). The Bertz CT molecular complexity index is 286. The Balaban J connectivity index is 2.51. The second-order valence-electron chi connectivity index (χ2n) is 3.28. The van der Waals surface area contributed by atoms with Gasteiger partial charge in [-0.3, -0.25) is 14.9 Å². The number of amides is 4. The lowest BCUT2D eigenvalue weighted by molar-refractivity contribution is -0.131. The first-order valence-corrected chi connectivity index (χ1v) is 4.95. The molecule has 0 radical (unpaired) electrons. The summed E-state index contributed by atoms with van der Waals surface area (Å²) in [5, 5.41) is 2.12. The van der Waals surface area contributed by atoms with Crippen molar-refractivity contribution in [3.05, 3.63) is 0 Å². The van der Waals surface area contributed by atoms with E-state index in [0.717, 1.165) is 0 Å². The average Bonchev–Trinajstić information content (AvgIpc) is 2.47. The molecule has 0 spiro atoms. The van der Waals surface area contributed by atoms with Crippen LogP contribution in [-0.4, -0.2) is 53.8 Å². The molecule has 0 saturated carbocycles. The van der Waals surface area contributed by atoms with Gasteiger partial charge in [-0.1, -0.05) is 0 Å². The quantitative estimate of drug-likeness (QED) is 0.634. The summed E-state index contributed by atoms with van der Waals surface area (Å²) >= 11 is 0. The van der Waals surface area contributed by atoms with Crippen molar-refractivity contribution in [3.63, 3.8) is 0 Å². The van der Waals surface area contributed by atoms with Crippen LogP contribution in [0.2, 0.25) is 0 Å². The molecule has 0 aromatic rings. The van der Waals surface area contributed by atoms with Crippen LogP contribution in [0.15, 0.2) is 0 Å². The lowest BCUT2D eigenvalue weighted by Crippen LogP contribution is -2.41. The number of nitrogens with zero attached hydrogens (tertiary/aromatic N) is 2. The molecule has 0 aromatic carbocycles. The number of hydrogen-bond donors (Lipinski definition) is 1. The first kappa shape index (κ1) is 11.5. The maximum absolute atomic E-state index is 11.6. The molecular formula is C9H15N3O3. The Morgan fingerprint density at radius 3 is 2.40 bits per heavy atom. The molecule has 0 aliphatic carbocycles. The van der Waals surface area contributed by atoms with Gasteiger partial charge in [0.25, 0.3) is 0 Å². The highest BCUT2D eigenvalue weighted by Gasteiger charge is 2.29. The number of urea groups is 1. The van der Waals surface area contributed by atoms with E-state index >= 15 is 0 Å². The zero-order valence-corrected chi connectivity index (χ0v) is 8.95. The van der Waals surface area contributed by atoms with Crippen molar-refractivity contribution in [2.24, 2.45) is 0 Å². The molecule has 0 unspecified atom stereocenters. The number of carbonyl (C=O) groups is 3. The van der Waals surface area contributed by atoms with Crippen LogP contribution in [0.25, 0.3) is 0 Å². The summed E-state index contributed by atoms with van der Waals surface area (Å²) in [6.45, 7) is 4.91. The van der Waals surface area contributed by atoms with E-state index in [9.17, 15) is 14.4 Å². The zero-order chi connectivity index (χ0) is 11.4. The van der Waals surface area contributed by atoms with E-state index in [1.165, 1.54) is 4.90 Å². The van der Waals surface area contributed by atoms with Crippen LogP contribution >= 0.6 is 0 Å². The van der Waals surface area contributed by atoms with Crippen molar-refractivity contribution in [1.82, 2.24) is 15.1 Å². The molecule has 1 heterocycles. The van der Waals surface area contributed by atoms with E-state index in [0.29, 0.717) is 13.1 Å². The van der Waals surface area contributed by atoms with Crippen molar-refractivity contribution in [3.8, 4) is 0 Å². The second-order valence-corrected chi connectivity index (χ2v) is 3.28. The molecular weight excluding hydrogens is 198 g/mol. The maximum Gasteiger partial charge on any atom is 0.325 e. The molecule has 6 heteroatoms. The molecule has 15 heavy (non-hydrogen) atoms. The van der Waals surface area contributed by atoms with Gasteiger partial charge in [0.05, 0.1) is 0 Å². The number of hydrogen-bond acceptors (Lipinski definition) is 3. The summed E-state index contributed by atoms with van der Waals surface area (Å²) in [6.07, 6.45) is 0. The van der Waals surface area contributed by atoms with Gasteiger partial charge in [-0.15, -0.1) is 0 Å². The number of likely N-dealkylation sites (N-methyl/N-ethyl adjacent to an activating group) is 1. The van der Waals surface area contributed by atoms with E-state index in [1.54, 1.807) is 4.90 Å². The molecule has 6 nitrogen and oxygen atoms in total. The first-order chi connectivity index (χ1) is 7.08. The topological polar surface area (TPSA) is 69.7 Å². The summed E-state index contributed by atoms with van der Waals surface area (Å²) in [5.74, 6) is -0.489. The van der Waals surface area contributed by atoms with E-state index in [1.807, 2.05) is 13.8 Å². The van der Waals surface area contributed by atoms with Gasteiger partial charge in [0.1, 0.15) is 13.1 Å². The van der Waals surface area contributed by atoms with E-state index < -0.39 is 6.03 Å². The minimum absolute atomic E-state index is 0.0220. The zero-order valence-electron chi connectivity index (χ0n) is 8.95. The average molecular weight is 213 g/mol. The Morgan fingerprint density at radius 2 is 2.00 bits per heavy atom. The molecule has 84 valence electrons. The lowest BCUT2D eigenvalue weighted by atomic mass is 10.4. The Hall–Kier alpha value is -1.59. The van der Waals surface area contributed by atoms with Crippen LogP contribution in [0.1, 0.15) is 13.8 Å². The van der Waals surface area contributed by atoms with Gasteiger partial charge in [-0.05, 0) is 13.8 Å². The predicted octanol–water partition coefficient (Wildman–Crippen LogP) is -0.593. The summed E-state index contributed by atoms with van der Waals surface area (Å²) in [6, 6.07) is -0.486. The summed E-state index contributed by atoms with van der Waals surface area (Å²) in [7, 11) is 0. The van der Waals surface area contributed by atoms with Crippen LogP contribution in [0.4, 0.5) is 4.79 Å². The fraction of sp³-hybridized carbons (Fsp3) is 0.667. The first-order valence-electron chi connectivity index (χ1n) is 4.95. The summed E-state index contributed by atoms with van der Waals surface area (Å²) in [5.41, 5.74) is 0. The van der Waals surface area contributed by atoms with Crippen LogP contribution in [0.5, 0.6) is 0 Å².